The van der Waals surface area contributed by atoms with E-state index in [0.29, 0.717) is 10.6 Å². The van der Waals surface area contributed by atoms with E-state index in [1.807, 2.05) is 0 Å². The van der Waals surface area contributed by atoms with Crippen molar-refractivity contribution in [3.8, 4) is 5.75 Å². The number of aromatic hydroxyl groups is 1. The lowest BCUT2D eigenvalue weighted by atomic mass is 9.95. The Balaban J connectivity index is 2.05. The minimum absolute atomic E-state index is 0.153. The standard InChI is InChI=1S/C17H15BrN2O5S/c1-25-17(22)14-11-4-2-3-5-13(11)26-16(14)19-8-9-6-10(20(23)24)7-12(18)15(9)21/h6-8,21H,2-5H2,1H3. The van der Waals surface area contributed by atoms with Crippen LogP contribution in [0.2, 0.25) is 0 Å². The van der Waals surface area contributed by atoms with Crippen LogP contribution >= 0.6 is 27.3 Å². The molecule has 0 spiro atoms. The predicted molar refractivity (Wildman–Crippen MR) is 102 cm³/mol. The van der Waals surface area contributed by atoms with Crippen LogP contribution in [0, 0.1) is 10.1 Å². The fraction of sp³-hybridized carbons (Fsp3) is 0.294. The van der Waals surface area contributed by atoms with Gasteiger partial charge in [-0.2, -0.15) is 0 Å². The summed E-state index contributed by atoms with van der Waals surface area (Å²) in [5, 5.41) is 21.6. The van der Waals surface area contributed by atoms with Gasteiger partial charge in [-0.15, -0.1) is 11.3 Å². The fourth-order valence-electron chi connectivity index (χ4n) is 2.89. The van der Waals surface area contributed by atoms with Crippen molar-refractivity contribution >= 4 is 50.1 Å². The summed E-state index contributed by atoms with van der Waals surface area (Å²) in [6.45, 7) is 0. The highest BCUT2D eigenvalue weighted by Crippen LogP contribution is 2.40. The van der Waals surface area contributed by atoms with Crippen molar-refractivity contribution in [2.24, 2.45) is 4.99 Å². The summed E-state index contributed by atoms with van der Waals surface area (Å²) in [5.41, 5.74) is 1.44. The van der Waals surface area contributed by atoms with Gasteiger partial charge in [0, 0.05) is 28.8 Å². The van der Waals surface area contributed by atoms with Crippen molar-refractivity contribution in [1.29, 1.82) is 0 Å². The zero-order chi connectivity index (χ0) is 18.8. The summed E-state index contributed by atoms with van der Waals surface area (Å²) in [4.78, 5) is 28.1. The number of hydrogen-bond donors (Lipinski definition) is 1. The quantitative estimate of drug-likeness (QED) is 0.326. The molecular weight excluding hydrogens is 424 g/mol. The molecule has 1 aromatic carbocycles. The maximum absolute atomic E-state index is 12.2. The van der Waals surface area contributed by atoms with Crippen LogP contribution in [0.5, 0.6) is 5.75 Å². The first kappa shape index (κ1) is 18.5. The maximum atomic E-state index is 12.2. The lowest BCUT2D eigenvalue weighted by Gasteiger charge is -2.11. The van der Waals surface area contributed by atoms with Gasteiger partial charge >= 0.3 is 5.97 Å². The number of methoxy groups -OCH3 is 1. The number of aliphatic imine (C=N–C) groups is 1. The Labute approximate surface area is 161 Å². The van der Waals surface area contributed by atoms with E-state index in [4.69, 9.17) is 4.74 Å². The normalized spacial score (nSPS) is 13.6. The molecule has 2 aromatic rings. The summed E-state index contributed by atoms with van der Waals surface area (Å²) in [6.07, 6.45) is 5.11. The number of carbonyl (C=O) groups is 1. The molecule has 3 rings (SSSR count). The second-order valence-corrected chi connectivity index (χ2v) is 7.70. The summed E-state index contributed by atoms with van der Waals surface area (Å²) in [6, 6.07) is 2.45. The molecule has 7 nitrogen and oxygen atoms in total. The molecule has 1 aliphatic carbocycles. The minimum Gasteiger partial charge on any atom is -0.506 e. The lowest BCUT2D eigenvalue weighted by Crippen LogP contribution is -2.07. The molecule has 0 fully saturated rings. The molecule has 1 N–H and O–H groups in total. The molecule has 0 amide bonds. The molecule has 1 aromatic heterocycles. The number of phenols is 1. The number of carbonyl (C=O) groups excluding carboxylic acids is 1. The third kappa shape index (κ3) is 3.49. The van der Waals surface area contributed by atoms with Gasteiger partial charge in [0.25, 0.3) is 5.69 Å². The molecule has 0 unspecified atom stereocenters. The van der Waals surface area contributed by atoms with Crippen molar-refractivity contribution in [2.75, 3.05) is 7.11 Å². The van der Waals surface area contributed by atoms with Crippen LogP contribution in [0.25, 0.3) is 0 Å². The first-order valence-corrected chi connectivity index (χ1v) is 9.47. The minimum atomic E-state index is -0.550. The van der Waals surface area contributed by atoms with Gasteiger partial charge in [-0.25, -0.2) is 9.79 Å². The third-order valence-corrected chi connectivity index (χ3v) is 5.96. The second kappa shape index (κ2) is 7.55. The van der Waals surface area contributed by atoms with Gasteiger partial charge in [-0.3, -0.25) is 10.1 Å². The van der Waals surface area contributed by atoms with Crippen molar-refractivity contribution in [3.05, 3.63) is 48.3 Å². The number of hydrogen-bond acceptors (Lipinski definition) is 7. The number of nitro groups is 1. The molecule has 136 valence electrons. The number of thiophene rings is 1. The highest BCUT2D eigenvalue weighted by atomic mass is 79.9. The van der Waals surface area contributed by atoms with E-state index in [1.165, 1.54) is 36.8 Å². The van der Waals surface area contributed by atoms with Gasteiger partial charge in [-0.05, 0) is 47.2 Å². The van der Waals surface area contributed by atoms with E-state index in [1.54, 1.807) is 0 Å². The number of halogens is 1. The fourth-order valence-corrected chi connectivity index (χ4v) is 4.58. The smallest absolute Gasteiger partial charge is 0.341 e. The van der Waals surface area contributed by atoms with Gasteiger partial charge in [0.2, 0.25) is 0 Å². The lowest BCUT2D eigenvalue weighted by molar-refractivity contribution is -0.385. The maximum Gasteiger partial charge on any atom is 0.341 e. The highest BCUT2D eigenvalue weighted by molar-refractivity contribution is 9.10. The van der Waals surface area contributed by atoms with Crippen LogP contribution in [-0.2, 0) is 17.6 Å². The SMILES string of the molecule is COC(=O)c1c(N=Cc2cc([N+](=O)[O-])cc(Br)c2O)sc2c1CCCC2. The van der Waals surface area contributed by atoms with E-state index in [-0.39, 0.29) is 21.5 Å². The number of rotatable bonds is 4. The third-order valence-electron chi connectivity index (χ3n) is 4.15. The summed E-state index contributed by atoms with van der Waals surface area (Å²) in [5.74, 6) is -0.596. The summed E-state index contributed by atoms with van der Waals surface area (Å²) < 4.78 is 5.10. The first-order chi connectivity index (χ1) is 12.4. The van der Waals surface area contributed by atoms with Crippen LogP contribution < -0.4 is 0 Å². The molecule has 0 aliphatic heterocycles. The number of aryl methyl sites for hydroxylation is 1. The molecule has 9 heteroatoms. The number of esters is 1. The zero-order valence-electron chi connectivity index (χ0n) is 13.8. The van der Waals surface area contributed by atoms with Gasteiger partial charge in [-0.1, -0.05) is 0 Å². The Bertz CT molecular complexity index is 922. The van der Waals surface area contributed by atoms with Crippen LogP contribution in [0.15, 0.2) is 21.6 Å². The summed E-state index contributed by atoms with van der Waals surface area (Å²) in [7, 11) is 1.33. The first-order valence-electron chi connectivity index (χ1n) is 7.86. The average Bonchev–Trinajstić information content (AvgIpc) is 3.00. The average molecular weight is 439 g/mol. The molecule has 0 saturated carbocycles. The number of nitrogens with zero attached hydrogens (tertiary/aromatic N) is 2. The molecule has 1 heterocycles. The number of phenolic OH excluding ortho intramolecular Hbond substituents is 1. The van der Waals surface area contributed by atoms with Gasteiger partial charge in [0.1, 0.15) is 10.8 Å². The topological polar surface area (TPSA) is 102 Å². The number of nitro benzene ring substituents is 1. The van der Waals surface area contributed by atoms with E-state index < -0.39 is 10.9 Å². The van der Waals surface area contributed by atoms with Crippen LogP contribution in [0.1, 0.15) is 39.2 Å². The van der Waals surface area contributed by atoms with Crippen molar-refractivity contribution in [1.82, 2.24) is 0 Å². The second-order valence-electron chi connectivity index (χ2n) is 5.76. The van der Waals surface area contributed by atoms with Crippen LogP contribution in [0.4, 0.5) is 10.7 Å². The molecular formula is C17H15BrN2O5S. The van der Waals surface area contributed by atoms with E-state index in [2.05, 4.69) is 20.9 Å². The van der Waals surface area contributed by atoms with E-state index in [0.717, 1.165) is 36.1 Å². The van der Waals surface area contributed by atoms with Gasteiger partial charge in [0.15, 0.2) is 0 Å². The van der Waals surface area contributed by atoms with Crippen molar-refractivity contribution < 1.29 is 19.6 Å². The Kier molecular flexibility index (Phi) is 5.38. The molecule has 0 atom stereocenters. The highest BCUT2D eigenvalue weighted by Gasteiger charge is 2.25. The Morgan fingerprint density at radius 2 is 2.15 bits per heavy atom. The number of benzene rings is 1. The molecule has 1 aliphatic rings. The van der Waals surface area contributed by atoms with E-state index >= 15 is 0 Å². The van der Waals surface area contributed by atoms with Crippen molar-refractivity contribution in [2.45, 2.75) is 25.7 Å². The van der Waals surface area contributed by atoms with Crippen molar-refractivity contribution in [3.63, 3.8) is 0 Å². The molecule has 26 heavy (non-hydrogen) atoms. The van der Waals surface area contributed by atoms with Crippen LogP contribution in [0.3, 0.4) is 0 Å². The zero-order valence-corrected chi connectivity index (χ0v) is 16.2. The Morgan fingerprint density at radius 1 is 1.42 bits per heavy atom. The molecule has 0 radical (unpaired) electrons. The van der Waals surface area contributed by atoms with Crippen LogP contribution in [-0.4, -0.2) is 29.3 Å². The Morgan fingerprint density at radius 3 is 2.85 bits per heavy atom. The number of ether oxygens (including phenoxy) is 1. The number of non-ortho nitro benzene ring substituents is 1. The molecule has 0 saturated heterocycles. The van der Waals surface area contributed by atoms with Gasteiger partial charge in [0.05, 0.1) is 22.1 Å². The summed E-state index contributed by atoms with van der Waals surface area (Å²) >= 11 is 4.52. The molecule has 0 bridgehead atoms. The largest absolute Gasteiger partial charge is 0.506 e. The number of fused-ring (bicyclic) bond motifs is 1. The monoisotopic (exact) mass is 438 g/mol. The van der Waals surface area contributed by atoms with Gasteiger partial charge < -0.3 is 9.84 Å². The van der Waals surface area contributed by atoms with E-state index in [9.17, 15) is 20.0 Å². The predicted octanol–water partition coefficient (Wildman–Crippen LogP) is 4.54. The Hall–Kier alpha value is -2.26.